The number of ether oxygens (including phenoxy) is 1. The fourth-order valence-electron chi connectivity index (χ4n) is 4.86. The van der Waals surface area contributed by atoms with E-state index < -0.39 is 17.7 Å². The third-order valence-electron chi connectivity index (χ3n) is 6.64. The standard InChI is InChI=1S/C27H31BrN2O4/c1-4-29(5-2)12-7-13-30-24(18-8-6-9-21(28)16-18)23(26(32)27(30)33)25(31)19-10-11-22-20(15-19)14-17(3)34-22/h6,8-11,15-17,24,31H,4-5,7,12-14H2,1-3H3/b25-23+/t17-,24-/m1/s1. The van der Waals surface area contributed by atoms with Crippen molar-refractivity contribution < 1.29 is 19.4 Å². The highest BCUT2D eigenvalue weighted by atomic mass is 79.9. The van der Waals surface area contributed by atoms with Gasteiger partial charge >= 0.3 is 0 Å². The quantitative estimate of drug-likeness (QED) is 0.300. The number of benzene rings is 2. The summed E-state index contributed by atoms with van der Waals surface area (Å²) >= 11 is 3.50. The van der Waals surface area contributed by atoms with Crippen molar-refractivity contribution in [3.05, 3.63) is 69.2 Å². The van der Waals surface area contributed by atoms with Crippen LogP contribution in [0.2, 0.25) is 0 Å². The summed E-state index contributed by atoms with van der Waals surface area (Å²) in [5.41, 5.74) is 2.44. The number of carbonyl (C=O) groups excluding carboxylic acids is 2. The summed E-state index contributed by atoms with van der Waals surface area (Å²) in [6.07, 6.45) is 1.56. The molecule has 0 radical (unpaired) electrons. The normalized spacial score (nSPS) is 21.3. The Kier molecular flexibility index (Phi) is 7.43. The van der Waals surface area contributed by atoms with Crippen molar-refractivity contribution in [1.29, 1.82) is 0 Å². The number of halogens is 1. The lowest BCUT2D eigenvalue weighted by Crippen LogP contribution is -2.33. The van der Waals surface area contributed by atoms with Gasteiger partial charge in [-0.3, -0.25) is 9.59 Å². The molecule has 1 saturated heterocycles. The summed E-state index contributed by atoms with van der Waals surface area (Å²) < 4.78 is 6.62. The molecule has 1 N–H and O–H groups in total. The van der Waals surface area contributed by atoms with Crippen molar-refractivity contribution in [2.75, 3.05) is 26.2 Å². The van der Waals surface area contributed by atoms with Gasteiger partial charge in [-0.15, -0.1) is 0 Å². The van der Waals surface area contributed by atoms with Gasteiger partial charge in [0.2, 0.25) is 0 Å². The van der Waals surface area contributed by atoms with Crippen LogP contribution in [0.1, 0.15) is 49.9 Å². The van der Waals surface area contributed by atoms with Gasteiger partial charge in [-0.25, -0.2) is 0 Å². The molecule has 1 amide bonds. The summed E-state index contributed by atoms with van der Waals surface area (Å²) in [6.45, 7) is 9.36. The SMILES string of the molecule is CCN(CC)CCCN1C(=O)C(=O)/C(=C(/O)c2ccc3c(c2)C[C@@H](C)O3)[C@H]1c1cccc(Br)c1. The van der Waals surface area contributed by atoms with Gasteiger partial charge in [0.15, 0.2) is 0 Å². The first-order valence-corrected chi connectivity index (χ1v) is 12.7. The van der Waals surface area contributed by atoms with Gasteiger partial charge in [0.25, 0.3) is 11.7 Å². The molecular weight excluding hydrogens is 496 g/mol. The second-order valence-corrected chi connectivity index (χ2v) is 9.80. The van der Waals surface area contributed by atoms with Crippen molar-refractivity contribution in [2.24, 2.45) is 0 Å². The Balaban J connectivity index is 1.73. The van der Waals surface area contributed by atoms with E-state index in [2.05, 4.69) is 34.7 Å². The van der Waals surface area contributed by atoms with E-state index in [1.54, 1.807) is 11.0 Å². The summed E-state index contributed by atoms with van der Waals surface area (Å²) in [6, 6.07) is 12.4. The largest absolute Gasteiger partial charge is 0.507 e. The summed E-state index contributed by atoms with van der Waals surface area (Å²) in [4.78, 5) is 30.3. The van der Waals surface area contributed by atoms with E-state index in [1.807, 2.05) is 43.3 Å². The third-order valence-corrected chi connectivity index (χ3v) is 7.13. The number of hydrogen-bond donors (Lipinski definition) is 1. The maximum absolute atomic E-state index is 13.2. The van der Waals surface area contributed by atoms with E-state index in [-0.39, 0.29) is 17.4 Å². The number of carbonyl (C=O) groups is 2. The lowest BCUT2D eigenvalue weighted by molar-refractivity contribution is -0.140. The first kappa shape index (κ1) is 24.5. The Bertz CT molecular complexity index is 1130. The summed E-state index contributed by atoms with van der Waals surface area (Å²) in [7, 11) is 0. The highest BCUT2D eigenvalue weighted by molar-refractivity contribution is 9.10. The van der Waals surface area contributed by atoms with Crippen LogP contribution in [0.15, 0.2) is 52.5 Å². The number of aliphatic hydroxyl groups excluding tert-OH is 1. The molecule has 0 bridgehead atoms. The minimum absolute atomic E-state index is 0.0745. The lowest BCUT2D eigenvalue weighted by Gasteiger charge is -2.27. The highest BCUT2D eigenvalue weighted by Crippen LogP contribution is 2.41. The minimum atomic E-state index is -0.643. The van der Waals surface area contributed by atoms with Gasteiger partial charge < -0.3 is 19.6 Å². The Morgan fingerprint density at radius 3 is 2.65 bits per heavy atom. The zero-order chi connectivity index (χ0) is 24.4. The molecule has 34 heavy (non-hydrogen) atoms. The molecule has 2 heterocycles. The maximum Gasteiger partial charge on any atom is 0.295 e. The van der Waals surface area contributed by atoms with E-state index in [9.17, 15) is 14.7 Å². The van der Waals surface area contributed by atoms with Crippen LogP contribution in [0.3, 0.4) is 0 Å². The fourth-order valence-corrected chi connectivity index (χ4v) is 5.28. The molecule has 4 rings (SSSR count). The Labute approximate surface area is 209 Å². The van der Waals surface area contributed by atoms with Crippen LogP contribution in [0, 0.1) is 0 Å². The number of aliphatic hydroxyl groups is 1. The molecule has 1 fully saturated rings. The first-order valence-electron chi connectivity index (χ1n) is 11.9. The Morgan fingerprint density at radius 2 is 1.94 bits per heavy atom. The third kappa shape index (κ3) is 4.77. The molecule has 0 unspecified atom stereocenters. The second-order valence-electron chi connectivity index (χ2n) is 8.88. The molecule has 180 valence electrons. The number of likely N-dealkylation sites (tertiary alicyclic amines) is 1. The first-order chi connectivity index (χ1) is 16.3. The highest BCUT2D eigenvalue weighted by Gasteiger charge is 2.46. The molecule has 2 atom stereocenters. The molecule has 6 nitrogen and oxygen atoms in total. The van der Waals surface area contributed by atoms with Crippen LogP contribution in [0.25, 0.3) is 5.76 Å². The van der Waals surface area contributed by atoms with E-state index >= 15 is 0 Å². The smallest absolute Gasteiger partial charge is 0.295 e. The van der Waals surface area contributed by atoms with E-state index in [0.29, 0.717) is 12.1 Å². The molecule has 0 saturated carbocycles. The van der Waals surface area contributed by atoms with Crippen molar-refractivity contribution >= 4 is 33.4 Å². The Morgan fingerprint density at radius 1 is 1.18 bits per heavy atom. The van der Waals surface area contributed by atoms with Gasteiger partial charge in [-0.1, -0.05) is 41.9 Å². The van der Waals surface area contributed by atoms with Crippen molar-refractivity contribution in [1.82, 2.24) is 9.80 Å². The monoisotopic (exact) mass is 526 g/mol. The Hall–Kier alpha value is -2.64. The average molecular weight is 527 g/mol. The molecule has 7 heteroatoms. The number of fused-ring (bicyclic) bond motifs is 1. The topological polar surface area (TPSA) is 70.1 Å². The van der Waals surface area contributed by atoms with Crippen LogP contribution in [0.4, 0.5) is 0 Å². The zero-order valence-electron chi connectivity index (χ0n) is 19.9. The zero-order valence-corrected chi connectivity index (χ0v) is 21.5. The van der Waals surface area contributed by atoms with Crippen LogP contribution in [0.5, 0.6) is 5.75 Å². The molecule has 0 spiro atoms. The summed E-state index contributed by atoms with van der Waals surface area (Å²) in [5, 5.41) is 11.3. The average Bonchev–Trinajstić information content (AvgIpc) is 3.32. The molecule has 0 aliphatic carbocycles. The van der Waals surface area contributed by atoms with Crippen LogP contribution < -0.4 is 4.74 Å². The predicted octanol–water partition coefficient (Wildman–Crippen LogP) is 4.93. The van der Waals surface area contributed by atoms with Gasteiger partial charge in [0, 0.05) is 23.0 Å². The van der Waals surface area contributed by atoms with Gasteiger partial charge in [-0.2, -0.15) is 0 Å². The second kappa shape index (κ2) is 10.3. The predicted molar refractivity (Wildman–Crippen MR) is 136 cm³/mol. The molecule has 2 aliphatic heterocycles. The fraction of sp³-hybridized carbons (Fsp3) is 0.407. The van der Waals surface area contributed by atoms with Crippen molar-refractivity contribution in [3.63, 3.8) is 0 Å². The molecule has 2 aromatic carbocycles. The lowest BCUT2D eigenvalue weighted by atomic mass is 9.94. The molecular formula is C27H31BrN2O4. The molecule has 2 aromatic rings. The van der Waals surface area contributed by atoms with E-state index in [1.165, 1.54) is 0 Å². The molecule has 0 aromatic heterocycles. The number of rotatable bonds is 8. The van der Waals surface area contributed by atoms with Gasteiger partial charge in [-0.05, 0) is 74.4 Å². The number of nitrogens with zero attached hydrogens (tertiary/aromatic N) is 2. The number of ketones is 1. The van der Waals surface area contributed by atoms with Gasteiger partial charge in [0.1, 0.15) is 17.6 Å². The van der Waals surface area contributed by atoms with Crippen LogP contribution >= 0.6 is 15.9 Å². The minimum Gasteiger partial charge on any atom is -0.507 e. The van der Waals surface area contributed by atoms with Crippen LogP contribution in [-0.4, -0.2) is 58.9 Å². The molecule has 2 aliphatic rings. The number of Topliss-reactive ketones (excluding diaryl/α,β-unsaturated/α-hetero) is 1. The summed E-state index contributed by atoms with van der Waals surface area (Å²) in [5.74, 6) is -0.555. The van der Waals surface area contributed by atoms with Crippen molar-refractivity contribution in [2.45, 2.75) is 45.8 Å². The van der Waals surface area contributed by atoms with Gasteiger partial charge in [0.05, 0.1) is 11.6 Å². The number of hydrogen-bond acceptors (Lipinski definition) is 5. The van der Waals surface area contributed by atoms with E-state index in [0.717, 1.165) is 53.8 Å². The van der Waals surface area contributed by atoms with E-state index in [4.69, 9.17) is 4.74 Å². The number of amides is 1. The van der Waals surface area contributed by atoms with Crippen LogP contribution in [-0.2, 0) is 16.0 Å². The maximum atomic E-state index is 13.2. The van der Waals surface area contributed by atoms with Crippen molar-refractivity contribution in [3.8, 4) is 5.75 Å².